The maximum absolute atomic E-state index is 13.8. The van der Waals surface area contributed by atoms with Gasteiger partial charge in [0.25, 0.3) is 5.56 Å². The van der Waals surface area contributed by atoms with Crippen LogP contribution in [0.2, 0.25) is 0 Å². The van der Waals surface area contributed by atoms with Crippen molar-refractivity contribution in [3.05, 3.63) is 87.5 Å². The summed E-state index contributed by atoms with van der Waals surface area (Å²) in [6.07, 6.45) is 2.05. The van der Waals surface area contributed by atoms with Gasteiger partial charge in [-0.05, 0) is 43.2 Å². The number of hydrogen-bond donors (Lipinski definition) is 0. The van der Waals surface area contributed by atoms with Gasteiger partial charge in [0.2, 0.25) is 0 Å². The van der Waals surface area contributed by atoms with E-state index in [4.69, 9.17) is 14.2 Å². The average Bonchev–Trinajstić information content (AvgIpc) is 3.34. The first-order valence-electron chi connectivity index (χ1n) is 11.9. The third-order valence-corrected chi connectivity index (χ3v) is 6.44. The van der Waals surface area contributed by atoms with E-state index in [0.29, 0.717) is 54.5 Å². The summed E-state index contributed by atoms with van der Waals surface area (Å²) in [7, 11) is 3.23. The van der Waals surface area contributed by atoms with Crippen LogP contribution < -0.4 is 15.0 Å². The van der Waals surface area contributed by atoms with E-state index >= 15 is 0 Å². The molecule has 0 aliphatic carbocycles. The fourth-order valence-corrected chi connectivity index (χ4v) is 4.75. The van der Waals surface area contributed by atoms with Crippen molar-refractivity contribution in [3.63, 3.8) is 0 Å². The Hall–Kier alpha value is -4.11. The molecule has 2 aromatic heterocycles. The summed E-state index contributed by atoms with van der Waals surface area (Å²) < 4.78 is 19.4. The van der Waals surface area contributed by atoms with Gasteiger partial charge in [0.15, 0.2) is 17.1 Å². The Morgan fingerprint density at radius 1 is 1.06 bits per heavy atom. The molecule has 2 aromatic carbocycles. The molecule has 36 heavy (non-hydrogen) atoms. The number of para-hydroxylation sites is 1. The Balaban J connectivity index is 1.59. The topological polar surface area (TPSA) is 87.3 Å². The Morgan fingerprint density at radius 3 is 2.56 bits per heavy atom. The lowest BCUT2D eigenvalue weighted by atomic mass is 10.0. The molecule has 0 N–H and O–H groups in total. The van der Waals surface area contributed by atoms with Crippen molar-refractivity contribution in [1.82, 2.24) is 19.1 Å². The van der Waals surface area contributed by atoms with E-state index in [1.165, 1.54) is 6.20 Å². The Kier molecular flexibility index (Phi) is 6.47. The van der Waals surface area contributed by atoms with Crippen molar-refractivity contribution in [1.29, 1.82) is 0 Å². The molecular formula is C27H28N4O5. The van der Waals surface area contributed by atoms with Crippen LogP contribution >= 0.6 is 0 Å². The van der Waals surface area contributed by atoms with Gasteiger partial charge in [0.1, 0.15) is 5.56 Å². The molecule has 186 valence electrons. The highest BCUT2D eigenvalue weighted by atomic mass is 16.5. The van der Waals surface area contributed by atoms with E-state index in [2.05, 4.69) is 10.00 Å². The first kappa shape index (κ1) is 23.6. The number of rotatable bonds is 7. The molecule has 1 aliphatic rings. The molecule has 0 atom stereocenters. The molecule has 1 aliphatic heterocycles. The predicted molar refractivity (Wildman–Crippen MR) is 134 cm³/mol. The van der Waals surface area contributed by atoms with Crippen molar-refractivity contribution in [2.24, 2.45) is 0 Å². The number of carbonyl (C=O) groups excluding carboxylic acids is 1. The maximum Gasteiger partial charge on any atom is 0.343 e. The molecular weight excluding hydrogens is 460 g/mol. The Bertz CT molecular complexity index is 1480. The molecule has 9 nitrogen and oxygen atoms in total. The van der Waals surface area contributed by atoms with Crippen LogP contribution in [0.3, 0.4) is 0 Å². The van der Waals surface area contributed by atoms with Gasteiger partial charge in [-0.3, -0.25) is 14.3 Å². The van der Waals surface area contributed by atoms with Gasteiger partial charge in [-0.2, -0.15) is 5.10 Å². The fraction of sp³-hybridized carbons (Fsp3) is 0.296. The summed E-state index contributed by atoms with van der Waals surface area (Å²) in [6, 6.07) is 15.2. The molecule has 0 saturated carbocycles. The van der Waals surface area contributed by atoms with Crippen LogP contribution in [0.25, 0.3) is 11.3 Å². The second kappa shape index (κ2) is 9.87. The summed E-state index contributed by atoms with van der Waals surface area (Å²) in [5.41, 5.74) is 3.76. The molecule has 0 amide bonds. The van der Waals surface area contributed by atoms with Crippen molar-refractivity contribution in [3.8, 4) is 17.2 Å². The van der Waals surface area contributed by atoms with Crippen LogP contribution in [-0.2, 0) is 24.2 Å². The van der Waals surface area contributed by atoms with E-state index < -0.39 is 5.97 Å². The average molecular weight is 489 g/mol. The van der Waals surface area contributed by atoms with Crippen molar-refractivity contribution < 1.29 is 19.0 Å². The standard InChI is InChI=1S/C27H28N4O5/c1-4-36-27(33)21-15-28-31-22-17-29(16-18-10-11-23(34-2)24(14-18)35-3)13-12-20(22)26(32)30(25(21)31)19-8-6-5-7-9-19/h5-11,14-15H,4,12-13,16-17H2,1-3H3. The lowest BCUT2D eigenvalue weighted by Gasteiger charge is -2.29. The number of esters is 1. The maximum atomic E-state index is 13.8. The first-order valence-corrected chi connectivity index (χ1v) is 11.9. The SMILES string of the molecule is CCOC(=O)c1cnn2c3c(c(=O)n(-c4ccccc4)c12)CCN(Cc1ccc(OC)c(OC)c1)C3. The fourth-order valence-electron chi connectivity index (χ4n) is 4.75. The number of nitrogens with zero attached hydrogens (tertiary/aromatic N) is 4. The molecule has 0 saturated heterocycles. The number of ether oxygens (including phenoxy) is 3. The Labute approximate surface area is 208 Å². The van der Waals surface area contributed by atoms with Crippen LogP contribution in [0, 0.1) is 0 Å². The van der Waals surface area contributed by atoms with Gasteiger partial charge in [-0.1, -0.05) is 24.3 Å². The Morgan fingerprint density at radius 2 is 1.83 bits per heavy atom. The third kappa shape index (κ3) is 4.11. The number of methoxy groups -OCH3 is 2. The molecule has 5 rings (SSSR count). The van der Waals surface area contributed by atoms with Gasteiger partial charge in [-0.25, -0.2) is 9.31 Å². The predicted octanol–water partition coefficient (Wildman–Crippen LogP) is 3.24. The van der Waals surface area contributed by atoms with Crippen molar-refractivity contribution in [2.75, 3.05) is 27.4 Å². The minimum absolute atomic E-state index is 0.138. The first-order chi connectivity index (χ1) is 17.5. The minimum atomic E-state index is -0.505. The second-order valence-corrected chi connectivity index (χ2v) is 8.57. The van der Waals surface area contributed by atoms with Gasteiger partial charge >= 0.3 is 5.97 Å². The van der Waals surface area contributed by atoms with Gasteiger partial charge in [-0.15, -0.1) is 0 Å². The molecule has 0 fully saturated rings. The molecule has 0 spiro atoms. The third-order valence-electron chi connectivity index (χ3n) is 6.44. The van der Waals surface area contributed by atoms with Gasteiger partial charge < -0.3 is 14.2 Å². The lowest BCUT2D eigenvalue weighted by molar-refractivity contribution is 0.0528. The van der Waals surface area contributed by atoms with Crippen molar-refractivity contribution >= 4 is 11.6 Å². The zero-order valence-electron chi connectivity index (χ0n) is 20.6. The van der Waals surface area contributed by atoms with E-state index in [-0.39, 0.29) is 17.7 Å². The molecule has 0 bridgehead atoms. The highest BCUT2D eigenvalue weighted by Gasteiger charge is 2.28. The number of benzene rings is 2. The summed E-state index contributed by atoms with van der Waals surface area (Å²) in [5.74, 6) is 0.845. The lowest BCUT2D eigenvalue weighted by Crippen LogP contribution is -2.38. The summed E-state index contributed by atoms with van der Waals surface area (Å²) in [4.78, 5) is 28.8. The summed E-state index contributed by atoms with van der Waals surface area (Å²) >= 11 is 0. The van der Waals surface area contributed by atoms with Gasteiger partial charge in [0, 0.05) is 25.2 Å². The highest BCUT2D eigenvalue weighted by Crippen LogP contribution is 2.29. The van der Waals surface area contributed by atoms with E-state index in [1.54, 1.807) is 30.2 Å². The number of hydrogen-bond acceptors (Lipinski definition) is 7. The largest absolute Gasteiger partial charge is 0.493 e. The monoisotopic (exact) mass is 488 g/mol. The van der Waals surface area contributed by atoms with Crippen LogP contribution in [0.15, 0.2) is 59.5 Å². The second-order valence-electron chi connectivity index (χ2n) is 8.57. The molecule has 4 aromatic rings. The smallest absolute Gasteiger partial charge is 0.343 e. The van der Waals surface area contributed by atoms with Crippen molar-refractivity contribution in [2.45, 2.75) is 26.4 Å². The number of fused-ring (bicyclic) bond motifs is 3. The summed E-state index contributed by atoms with van der Waals surface area (Å²) in [5, 5.41) is 4.55. The van der Waals surface area contributed by atoms with Gasteiger partial charge in [0.05, 0.1) is 38.4 Å². The normalized spacial score (nSPS) is 13.4. The minimum Gasteiger partial charge on any atom is -0.493 e. The van der Waals surface area contributed by atoms with Crippen LogP contribution in [0.4, 0.5) is 0 Å². The molecule has 0 unspecified atom stereocenters. The molecule has 3 heterocycles. The summed E-state index contributed by atoms with van der Waals surface area (Å²) in [6.45, 7) is 3.87. The number of carbonyl (C=O) groups is 1. The van der Waals surface area contributed by atoms with Crippen LogP contribution in [0.1, 0.15) is 34.1 Å². The quantitative estimate of drug-likeness (QED) is 0.369. The number of aromatic nitrogens is 3. The van der Waals surface area contributed by atoms with E-state index in [0.717, 1.165) is 11.3 Å². The zero-order valence-corrected chi connectivity index (χ0v) is 20.6. The van der Waals surface area contributed by atoms with Crippen LogP contribution in [-0.4, -0.2) is 52.4 Å². The van der Waals surface area contributed by atoms with E-state index in [1.807, 2.05) is 48.5 Å². The molecule has 0 radical (unpaired) electrons. The van der Waals surface area contributed by atoms with E-state index in [9.17, 15) is 9.59 Å². The molecule has 9 heteroatoms. The zero-order chi connectivity index (χ0) is 25.2. The highest BCUT2D eigenvalue weighted by molar-refractivity contribution is 5.96. The van der Waals surface area contributed by atoms with Crippen LogP contribution in [0.5, 0.6) is 11.5 Å².